The van der Waals surface area contributed by atoms with Crippen LogP contribution in [0.25, 0.3) is 11.1 Å². The first-order valence-corrected chi connectivity index (χ1v) is 9.50. The minimum absolute atomic E-state index is 0.00598. The summed E-state index contributed by atoms with van der Waals surface area (Å²) in [5.74, 6) is 0.617. The molecule has 1 aromatic carbocycles. The van der Waals surface area contributed by atoms with Gasteiger partial charge in [-0.15, -0.1) is 0 Å². The second kappa shape index (κ2) is 5.77. The molecule has 2 saturated carbocycles. The van der Waals surface area contributed by atoms with Crippen LogP contribution in [0.1, 0.15) is 54.3 Å². The molecule has 0 spiro atoms. The molecule has 2 fully saturated rings. The fourth-order valence-electron chi connectivity index (χ4n) is 3.67. The standard InChI is InChI=1S/C21H21FN4O2/c1-12-15(16-17(25-20(2)7-8-20)23-11-24-19(16)28-12)18(27)26-21(9-10-21)13-3-5-14(22)6-4-13/h3-6,11H,7-10H2,1-2H3,(H,26,27)(H,23,24,25). The Balaban J connectivity index is 1.51. The Morgan fingerprint density at radius 3 is 2.50 bits per heavy atom. The number of amides is 1. The largest absolute Gasteiger partial charge is 0.442 e. The quantitative estimate of drug-likeness (QED) is 0.698. The van der Waals surface area contributed by atoms with Gasteiger partial charge in [-0.1, -0.05) is 12.1 Å². The zero-order chi connectivity index (χ0) is 19.5. The third-order valence-corrected chi connectivity index (χ3v) is 5.81. The summed E-state index contributed by atoms with van der Waals surface area (Å²) in [5, 5.41) is 7.18. The topological polar surface area (TPSA) is 80.1 Å². The van der Waals surface area contributed by atoms with Gasteiger partial charge in [-0.05, 0) is 57.2 Å². The van der Waals surface area contributed by atoms with Crippen LogP contribution in [0, 0.1) is 12.7 Å². The van der Waals surface area contributed by atoms with E-state index in [1.165, 1.54) is 18.5 Å². The number of aryl methyl sites for hydroxylation is 1. The lowest BCUT2D eigenvalue weighted by atomic mass is 10.0. The lowest BCUT2D eigenvalue weighted by Crippen LogP contribution is -2.35. The van der Waals surface area contributed by atoms with Gasteiger partial charge in [0.15, 0.2) is 0 Å². The molecule has 2 aromatic heterocycles. The molecule has 7 heteroatoms. The molecule has 0 aliphatic heterocycles. The van der Waals surface area contributed by atoms with Crippen molar-refractivity contribution in [3.8, 4) is 0 Å². The van der Waals surface area contributed by atoms with Crippen molar-refractivity contribution in [2.75, 3.05) is 5.32 Å². The Labute approximate surface area is 161 Å². The molecule has 28 heavy (non-hydrogen) atoms. The van der Waals surface area contributed by atoms with E-state index >= 15 is 0 Å². The van der Waals surface area contributed by atoms with Gasteiger partial charge in [0.2, 0.25) is 5.71 Å². The maximum Gasteiger partial charge on any atom is 0.256 e. The minimum atomic E-state index is -0.452. The van der Waals surface area contributed by atoms with Gasteiger partial charge < -0.3 is 15.1 Å². The second-order valence-corrected chi connectivity index (χ2v) is 8.16. The summed E-state index contributed by atoms with van der Waals surface area (Å²) < 4.78 is 19.0. The van der Waals surface area contributed by atoms with E-state index in [0.717, 1.165) is 31.2 Å². The van der Waals surface area contributed by atoms with Crippen LogP contribution in [-0.2, 0) is 5.54 Å². The maximum absolute atomic E-state index is 13.3. The highest BCUT2D eigenvalue weighted by Gasteiger charge is 2.46. The van der Waals surface area contributed by atoms with Gasteiger partial charge in [0, 0.05) is 5.54 Å². The molecule has 1 amide bonds. The summed E-state index contributed by atoms with van der Waals surface area (Å²) in [4.78, 5) is 21.8. The predicted octanol–water partition coefficient (Wildman–Crippen LogP) is 4.05. The number of hydrogen-bond donors (Lipinski definition) is 2. The van der Waals surface area contributed by atoms with E-state index in [0.29, 0.717) is 28.2 Å². The van der Waals surface area contributed by atoms with Crippen LogP contribution >= 0.6 is 0 Å². The van der Waals surface area contributed by atoms with Crippen LogP contribution in [0.2, 0.25) is 0 Å². The smallest absolute Gasteiger partial charge is 0.256 e. The van der Waals surface area contributed by atoms with E-state index in [9.17, 15) is 9.18 Å². The number of halogens is 1. The van der Waals surface area contributed by atoms with Crippen molar-refractivity contribution in [1.29, 1.82) is 0 Å². The average molecular weight is 380 g/mol. The summed E-state index contributed by atoms with van der Waals surface area (Å²) >= 11 is 0. The molecule has 2 N–H and O–H groups in total. The zero-order valence-electron chi connectivity index (χ0n) is 15.8. The fourth-order valence-corrected chi connectivity index (χ4v) is 3.67. The Hall–Kier alpha value is -2.96. The monoisotopic (exact) mass is 380 g/mol. The molecule has 0 radical (unpaired) electrons. The van der Waals surface area contributed by atoms with Crippen molar-refractivity contribution in [2.45, 2.75) is 50.6 Å². The first-order chi connectivity index (χ1) is 13.4. The second-order valence-electron chi connectivity index (χ2n) is 8.16. The molecule has 2 heterocycles. The summed E-state index contributed by atoms with van der Waals surface area (Å²) in [6.45, 7) is 3.89. The van der Waals surface area contributed by atoms with E-state index in [2.05, 4.69) is 27.5 Å². The molecule has 6 nitrogen and oxygen atoms in total. The Morgan fingerprint density at radius 1 is 1.14 bits per heavy atom. The fraction of sp³-hybridized carbons (Fsp3) is 0.381. The van der Waals surface area contributed by atoms with E-state index in [4.69, 9.17) is 4.42 Å². The molecule has 0 unspecified atom stereocenters. The molecule has 0 saturated heterocycles. The molecule has 0 bridgehead atoms. The maximum atomic E-state index is 13.3. The van der Waals surface area contributed by atoms with Crippen LogP contribution in [-0.4, -0.2) is 21.4 Å². The van der Waals surface area contributed by atoms with Crippen molar-refractivity contribution >= 4 is 22.8 Å². The van der Waals surface area contributed by atoms with E-state index in [1.54, 1.807) is 19.1 Å². The first kappa shape index (κ1) is 17.2. The number of carbonyl (C=O) groups excluding carboxylic acids is 1. The highest BCUT2D eigenvalue weighted by atomic mass is 19.1. The van der Waals surface area contributed by atoms with Crippen molar-refractivity contribution in [3.05, 3.63) is 53.3 Å². The number of nitrogens with zero attached hydrogens (tertiary/aromatic N) is 2. The van der Waals surface area contributed by atoms with E-state index in [1.807, 2.05) is 0 Å². The summed E-state index contributed by atoms with van der Waals surface area (Å²) in [6, 6.07) is 6.30. The van der Waals surface area contributed by atoms with Crippen LogP contribution in [0.3, 0.4) is 0 Å². The van der Waals surface area contributed by atoms with Gasteiger partial charge in [0.05, 0.1) is 16.5 Å². The van der Waals surface area contributed by atoms with Crippen LogP contribution < -0.4 is 10.6 Å². The molecular weight excluding hydrogens is 359 g/mol. The SMILES string of the molecule is Cc1oc2ncnc(NC3(C)CC3)c2c1C(=O)NC1(c2ccc(F)cc2)CC1. The number of furan rings is 1. The molecule has 2 aliphatic rings. The number of rotatable bonds is 5. The number of hydrogen-bond acceptors (Lipinski definition) is 5. The Morgan fingerprint density at radius 2 is 1.86 bits per heavy atom. The number of nitrogens with one attached hydrogen (secondary N) is 2. The summed E-state index contributed by atoms with van der Waals surface area (Å²) in [7, 11) is 0. The van der Waals surface area contributed by atoms with Crippen molar-refractivity contribution in [2.24, 2.45) is 0 Å². The Bertz CT molecular complexity index is 1080. The van der Waals surface area contributed by atoms with E-state index in [-0.39, 0.29) is 17.3 Å². The Kier molecular flexibility index (Phi) is 3.53. The predicted molar refractivity (Wildman–Crippen MR) is 103 cm³/mol. The van der Waals surface area contributed by atoms with Crippen LogP contribution in [0.4, 0.5) is 10.2 Å². The van der Waals surface area contributed by atoms with Crippen LogP contribution in [0.15, 0.2) is 35.0 Å². The van der Waals surface area contributed by atoms with Crippen LogP contribution in [0.5, 0.6) is 0 Å². The molecule has 2 aliphatic carbocycles. The van der Waals surface area contributed by atoms with Gasteiger partial charge in [-0.2, -0.15) is 0 Å². The molecule has 5 rings (SSSR count). The number of benzene rings is 1. The van der Waals surface area contributed by atoms with Gasteiger partial charge in [-0.3, -0.25) is 4.79 Å². The third kappa shape index (κ3) is 2.82. The van der Waals surface area contributed by atoms with Gasteiger partial charge in [-0.25, -0.2) is 14.4 Å². The lowest BCUT2D eigenvalue weighted by Gasteiger charge is -2.18. The van der Waals surface area contributed by atoms with Crippen molar-refractivity contribution in [1.82, 2.24) is 15.3 Å². The lowest BCUT2D eigenvalue weighted by molar-refractivity contribution is 0.0930. The highest BCUT2D eigenvalue weighted by Crippen LogP contribution is 2.46. The van der Waals surface area contributed by atoms with Crippen molar-refractivity contribution in [3.63, 3.8) is 0 Å². The zero-order valence-corrected chi connectivity index (χ0v) is 15.8. The first-order valence-electron chi connectivity index (χ1n) is 9.50. The average Bonchev–Trinajstić information content (AvgIpc) is 3.55. The van der Waals surface area contributed by atoms with Gasteiger partial charge in [0.25, 0.3) is 5.91 Å². The normalized spacial score (nSPS) is 18.7. The summed E-state index contributed by atoms with van der Waals surface area (Å²) in [6.07, 6.45) is 5.20. The number of anilines is 1. The molecule has 0 atom stereocenters. The number of carbonyl (C=O) groups is 1. The van der Waals surface area contributed by atoms with Crippen molar-refractivity contribution < 1.29 is 13.6 Å². The van der Waals surface area contributed by atoms with E-state index < -0.39 is 5.54 Å². The third-order valence-electron chi connectivity index (χ3n) is 5.81. The van der Waals surface area contributed by atoms with Gasteiger partial charge >= 0.3 is 0 Å². The van der Waals surface area contributed by atoms with Gasteiger partial charge in [0.1, 0.15) is 23.7 Å². The molecular formula is C21H21FN4O2. The number of aromatic nitrogens is 2. The molecule has 144 valence electrons. The molecule has 3 aromatic rings. The summed E-state index contributed by atoms with van der Waals surface area (Å²) in [5.41, 5.74) is 1.32. The highest BCUT2D eigenvalue weighted by molar-refractivity contribution is 6.10. The number of fused-ring (bicyclic) bond motifs is 1. The minimum Gasteiger partial charge on any atom is -0.442 e.